The van der Waals surface area contributed by atoms with E-state index < -0.39 is 5.97 Å². The Morgan fingerprint density at radius 3 is 1.04 bits per heavy atom. The quantitative estimate of drug-likeness (QED) is 0.177. The minimum absolute atomic E-state index is 0.176. The molecule has 0 spiro atoms. The maximum atomic E-state index is 9.60. The van der Waals surface area contributed by atoms with E-state index in [1.807, 2.05) is 0 Å². The first kappa shape index (κ1) is 28.4. The molecule has 0 amide bonds. The van der Waals surface area contributed by atoms with Gasteiger partial charge in [0.15, 0.2) is 0 Å². The summed E-state index contributed by atoms with van der Waals surface area (Å²) >= 11 is 0. The SMILES string of the molecule is C=C(C)C(=O)O.CCCCCCCCCCCCCCCCCCCCO. The molecule has 0 aromatic carbocycles. The highest BCUT2D eigenvalue weighted by molar-refractivity contribution is 5.84. The smallest absolute Gasteiger partial charge is 0.330 e. The maximum absolute atomic E-state index is 9.60. The third kappa shape index (κ3) is 30.2. The summed E-state index contributed by atoms with van der Waals surface area (Å²) in [6.07, 6.45) is 25.1. The van der Waals surface area contributed by atoms with Gasteiger partial charge in [0.05, 0.1) is 0 Å². The fourth-order valence-corrected chi connectivity index (χ4v) is 3.01. The Labute approximate surface area is 169 Å². The molecule has 0 saturated heterocycles. The summed E-state index contributed by atoms with van der Waals surface area (Å²) in [4.78, 5) is 9.60. The van der Waals surface area contributed by atoms with Gasteiger partial charge in [-0.05, 0) is 13.3 Å². The normalized spacial score (nSPS) is 10.3. The van der Waals surface area contributed by atoms with Crippen LogP contribution in [0.4, 0.5) is 0 Å². The van der Waals surface area contributed by atoms with Gasteiger partial charge in [-0.3, -0.25) is 0 Å². The Morgan fingerprint density at radius 2 is 0.852 bits per heavy atom. The molecule has 0 atom stereocenters. The number of aliphatic hydroxyl groups excluding tert-OH is 1. The van der Waals surface area contributed by atoms with Gasteiger partial charge >= 0.3 is 5.97 Å². The van der Waals surface area contributed by atoms with Crippen molar-refractivity contribution < 1.29 is 15.0 Å². The minimum Gasteiger partial charge on any atom is -0.478 e. The first-order valence-electron chi connectivity index (χ1n) is 11.6. The van der Waals surface area contributed by atoms with Gasteiger partial charge in [0.1, 0.15) is 0 Å². The number of aliphatic hydroxyl groups is 1. The van der Waals surface area contributed by atoms with E-state index in [1.165, 1.54) is 116 Å². The second-order valence-corrected chi connectivity index (χ2v) is 7.82. The molecule has 0 heterocycles. The van der Waals surface area contributed by atoms with Crippen molar-refractivity contribution in [3.63, 3.8) is 0 Å². The van der Waals surface area contributed by atoms with E-state index in [4.69, 9.17) is 10.2 Å². The van der Waals surface area contributed by atoms with Crippen LogP contribution in [-0.2, 0) is 4.79 Å². The van der Waals surface area contributed by atoms with Crippen molar-refractivity contribution in [3.05, 3.63) is 12.2 Å². The van der Waals surface area contributed by atoms with Crippen molar-refractivity contribution in [3.8, 4) is 0 Å². The van der Waals surface area contributed by atoms with Gasteiger partial charge in [0, 0.05) is 12.2 Å². The fourth-order valence-electron chi connectivity index (χ4n) is 3.01. The molecule has 0 unspecified atom stereocenters. The van der Waals surface area contributed by atoms with Crippen LogP contribution >= 0.6 is 0 Å². The molecule has 3 heteroatoms. The molecule has 0 saturated carbocycles. The number of aliphatic carboxylic acids is 1. The highest BCUT2D eigenvalue weighted by atomic mass is 16.4. The minimum atomic E-state index is -0.935. The lowest BCUT2D eigenvalue weighted by atomic mass is 10.0. The first-order valence-corrected chi connectivity index (χ1v) is 11.6. The monoisotopic (exact) mass is 384 g/mol. The maximum Gasteiger partial charge on any atom is 0.330 e. The molecule has 0 aromatic rings. The van der Waals surface area contributed by atoms with Crippen LogP contribution < -0.4 is 0 Å². The number of hydrogen-bond acceptors (Lipinski definition) is 2. The van der Waals surface area contributed by atoms with Crippen LogP contribution in [0.25, 0.3) is 0 Å². The standard InChI is InChI=1S/C20H42O.C4H6O2/c1-2-3-4-5-6-7-8-9-10-11-12-13-14-15-16-17-18-19-20-21;1-3(2)4(5)6/h21H,2-20H2,1H3;1H2,2H3,(H,5,6). The molecule has 162 valence electrons. The lowest BCUT2D eigenvalue weighted by Gasteiger charge is -2.03. The summed E-state index contributed by atoms with van der Waals surface area (Å²) in [7, 11) is 0. The van der Waals surface area contributed by atoms with E-state index in [0.717, 1.165) is 6.42 Å². The van der Waals surface area contributed by atoms with Crippen LogP contribution in [0.5, 0.6) is 0 Å². The third-order valence-electron chi connectivity index (χ3n) is 4.88. The molecule has 3 nitrogen and oxygen atoms in total. The van der Waals surface area contributed by atoms with Gasteiger partial charge in [-0.15, -0.1) is 0 Å². The summed E-state index contributed by atoms with van der Waals surface area (Å²) in [5.41, 5.74) is 0.176. The van der Waals surface area contributed by atoms with Crippen LogP contribution in [0.3, 0.4) is 0 Å². The van der Waals surface area contributed by atoms with Gasteiger partial charge in [0.2, 0.25) is 0 Å². The molecule has 27 heavy (non-hydrogen) atoms. The van der Waals surface area contributed by atoms with Crippen molar-refractivity contribution in [1.29, 1.82) is 0 Å². The summed E-state index contributed by atoms with van der Waals surface area (Å²) in [5.74, 6) is -0.935. The highest BCUT2D eigenvalue weighted by Gasteiger charge is 1.94. The average molecular weight is 385 g/mol. The predicted octanol–water partition coefficient (Wildman–Crippen LogP) is 7.67. The first-order chi connectivity index (χ1) is 13.1. The van der Waals surface area contributed by atoms with Crippen LogP contribution in [-0.4, -0.2) is 22.8 Å². The number of carboxylic acid groups (broad SMARTS) is 1. The van der Waals surface area contributed by atoms with Gasteiger partial charge in [-0.2, -0.15) is 0 Å². The van der Waals surface area contributed by atoms with Crippen molar-refractivity contribution in [2.45, 2.75) is 129 Å². The van der Waals surface area contributed by atoms with Crippen molar-refractivity contribution in [2.75, 3.05) is 6.61 Å². The van der Waals surface area contributed by atoms with Gasteiger partial charge in [0.25, 0.3) is 0 Å². The van der Waals surface area contributed by atoms with E-state index >= 15 is 0 Å². The van der Waals surface area contributed by atoms with Gasteiger partial charge < -0.3 is 10.2 Å². The molecule has 2 N–H and O–H groups in total. The van der Waals surface area contributed by atoms with Crippen molar-refractivity contribution in [2.24, 2.45) is 0 Å². The van der Waals surface area contributed by atoms with E-state index in [2.05, 4.69) is 13.5 Å². The molecule has 0 fully saturated rings. The van der Waals surface area contributed by atoms with Crippen molar-refractivity contribution >= 4 is 5.97 Å². The van der Waals surface area contributed by atoms with Crippen LogP contribution in [0.1, 0.15) is 129 Å². The molecule has 0 aromatic heterocycles. The van der Waals surface area contributed by atoms with Crippen molar-refractivity contribution in [1.82, 2.24) is 0 Å². The Morgan fingerprint density at radius 1 is 0.630 bits per heavy atom. The Kier molecular flexibility index (Phi) is 26.5. The van der Waals surface area contributed by atoms with Gasteiger partial charge in [-0.25, -0.2) is 4.79 Å². The molecule has 0 bridgehead atoms. The number of rotatable bonds is 19. The highest BCUT2D eigenvalue weighted by Crippen LogP contribution is 2.14. The average Bonchev–Trinajstić information content (AvgIpc) is 2.64. The zero-order valence-corrected chi connectivity index (χ0v) is 18.4. The third-order valence-corrected chi connectivity index (χ3v) is 4.88. The van der Waals surface area contributed by atoms with Crippen LogP contribution in [0.2, 0.25) is 0 Å². The Hall–Kier alpha value is -0.830. The van der Waals surface area contributed by atoms with Crippen LogP contribution in [0, 0.1) is 0 Å². The zero-order chi connectivity index (χ0) is 20.6. The molecule has 0 aliphatic rings. The molecule has 0 rings (SSSR count). The lowest BCUT2D eigenvalue weighted by Crippen LogP contribution is -1.92. The number of unbranched alkanes of at least 4 members (excludes halogenated alkanes) is 17. The van der Waals surface area contributed by atoms with Gasteiger partial charge in [-0.1, -0.05) is 123 Å². The van der Waals surface area contributed by atoms with E-state index in [1.54, 1.807) is 0 Å². The lowest BCUT2D eigenvalue weighted by molar-refractivity contribution is -0.132. The van der Waals surface area contributed by atoms with Crippen LogP contribution in [0.15, 0.2) is 12.2 Å². The summed E-state index contributed by atoms with van der Waals surface area (Å²) < 4.78 is 0. The second-order valence-electron chi connectivity index (χ2n) is 7.82. The number of carboxylic acids is 1. The topological polar surface area (TPSA) is 57.5 Å². The fraction of sp³-hybridized carbons (Fsp3) is 0.875. The summed E-state index contributed by atoms with van der Waals surface area (Å²) in [6, 6.07) is 0. The zero-order valence-electron chi connectivity index (χ0n) is 18.4. The largest absolute Gasteiger partial charge is 0.478 e. The Balaban J connectivity index is 0. The van der Waals surface area contributed by atoms with E-state index in [9.17, 15) is 4.79 Å². The second kappa shape index (κ2) is 25.2. The summed E-state index contributed by atoms with van der Waals surface area (Å²) in [6.45, 7) is 7.26. The predicted molar refractivity (Wildman–Crippen MR) is 118 cm³/mol. The molecular formula is C24H48O3. The molecular weight excluding hydrogens is 336 g/mol. The number of carbonyl (C=O) groups is 1. The molecule has 0 aliphatic carbocycles. The number of hydrogen-bond donors (Lipinski definition) is 2. The Bertz CT molecular complexity index is 283. The van der Waals surface area contributed by atoms with E-state index in [-0.39, 0.29) is 5.57 Å². The molecule has 0 aliphatic heterocycles. The van der Waals surface area contributed by atoms with E-state index in [0.29, 0.717) is 6.61 Å². The summed E-state index contributed by atoms with van der Waals surface area (Å²) in [5, 5.41) is 16.6. The molecule has 0 radical (unpaired) electrons.